The molecule has 2 rings (SSSR count). The van der Waals surface area contributed by atoms with Gasteiger partial charge < -0.3 is 0 Å². The lowest BCUT2D eigenvalue weighted by molar-refractivity contribution is -0.425. The zero-order valence-electron chi connectivity index (χ0n) is 9.87. The monoisotopic (exact) mass is 260 g/mol. The minimum Gasteiger partial charge on any atom is -0.259 e. The SMILES string of the molecule is Cc1ncc(C=C(Cc2ccccc2)[N+](=O)[O-])s1. The fraction of sp³-hybridized carbons (Fsp3) is 0.154. The molecule has 92 valence electrons. The summed E-state index contributed by atoms with van der Waals surface area (Å²) in [6.07, 6.45) is 3.58. The van der Waals surface area contributed by atoms with Crippen molar-refractivity contribution in [3.05, 3.63) is 67.8 Å². The van der Waals surface area contributed by atoms with Gasteiger partial charge in [0.25, 0.3) is 5.70 Å². The van der Waals surface area contributed by atoms with Crippen LogP contribution in [0.2, 0.25) is 0 Å². The number of nitro groups is 1. The first-order valence-electron chi connectivity index (χ1n) is 5.46. The van der Waals surface area contributed by atoms with Crippen molar-refractivity contribution in [3.63, 3.8) is 0 Å². The number of hydrogen-bond acceptors (Lipinski definition) is 4. The van der Waals surface area contributed by atoms with E-state index in [4.69, 9.17) is 0 Å². The molecule has 18 heavy (non-hydrogen) atoms. The number of thiazole rings is 1. The minimum absolute atomic E-state index is 0.185. The van der Waals surface area contributed by atoms with Crippen LogP contribution in [0.4, 0.5) is 0 Å². The van der Waals surface area contributed by atoms with E-state index in [2.05, 4.69) is 4.98 Å². The molecule has 0 aliphatic rings. The summed E-state index contributed by atoms with van der Waals surface area (Å²) in [5.74, 6) is 0. The molecule has 0 spiro atoms. The Labute approximate surface area is 109 Å². The highest BCUT2D eigenvalue weighted by molar-refractivity contribution is 7.12. The molecule has 2 aromatic rings. The molecule has 0 aliphatic heterocycles. The third kappa shape index (κ3) is 3.24. The third-order valence-electron chi connectivity index (χ3n) is 2.41. The number of aromatic nitrogens is 1. The number of nitrogens with zero attached hydrogens (tertiary/aromatic N) is 2. The molecule has 0 fully saturated rings. The normalized spacial score (nSPS) is 11.5. The maximum atomic E-state index is 11.0. The molecule has 0 amide bonds. The van der Waals surface area contributed by atoms with Crippen molar-refractivity contribution in [3.8, 4) is 0 Å². The Morgan fingerprint density at radius 3 is 2.72 bits per heavy atom. The molecular formula is C13H12N2O2S. The summed E-state index contributed by atoms with van der Waals surface area (Å²) in [5, 5.41) is 11.9. The number of aryl methyl sites for hydroxylation is 1. The Balaban J connectivity index is 2.24. The molecule has 0 saturated carbocycles. The van der Waals surface area contributed by atoms with Crippen LogP contribution in [0.1, 0.15) is 15.4 Å². The van der Waals surface area contributed by atoms with E-state index in [1.54, 1.807) is 12.3 Å². The smallest absolute Gasteiger partial charge is 0.252 e. The first kappa shape index (κ1) is 12.4. The molecular weight excluding hydrogens is 248 g/mol. The van der Waals surface area contributed by atoms with E-state index in [9.17, 15) is 10.1 Å². The lowest BCUT2D eigenvalue weighted by atomic mass is 10.1. The van der Waals surface area contributed by atoms with Crippen molar-refractivity contribution in [1.29, 1.82) is 0 Å². The predicted molar refractivity (Wildman–Crippen MR) is 72.0 cm³/mol. The molecule has 1 aromatic carbocycles. The van der Waals surface area contributed by atoms with Crippen LogP contribution in [0.5, 0.6) is 0 Å². The van der Waals surface area contributed by atoms with Crippen LogP contribution in [0.25, 0.3) is 6.08 Å². The number of allylic oxidation sites excluding steroid dienone is 1. The van der Waals surface area contributed by atoms with Gasteiger partial charge >= 0.3 is 0 Å². The van der Waals surface area contributed by atoms with Crippen LogP contribution in [-0.4, -0.2) is 9.91 Å². The molecule has 4 nitrogen and oxygen atoms in total. The van der Waals surface area contributed by atoms with Gasteiger partial charge in [-0.15, -0.1) is 11.3 Å². The van der Waals surface area contributed by atoms with Gasteiger partial charge in [0.15, 0.2) is 0 Å². The van der Waals surface area contributed by atoms with Gasteiger partial charge in [0.1, 0.15) is 0 Å². The van der Waals surface area contributed by atoms with Gasteiger partial charge in [0.2, 0.25) is 0 Å². The molecule has 0 aliphatic carbocycles. The highest BCUT2D eigenvalue weighted by atomic mass is 32.1. The van der Waals surface area contributed by atoms with E-state index >= 15 is 0 Å². The van der Waals surface area contributed by atoms with Crippen LogP contribution >= 0.6 is 11.3 Å². The zero-order chi connectivity index (χ0) is 13.0. The van der Waals surface area contributed by atoms with Gasteiger partial charge in [0.05, 0.1) is 21.2 Å². The van der Waals surface area contributed by atoms with Crippen LogP contribution in [0, 0.1) is 17.0 Å². The van der Waals surface area contributed by atoms with Crippen molar-refractivity contribution < 1.29 is 4.92 Å². The van der Waals surface area contributed by atoms with Crippen LogP contribution in [0.15, 0.2) is 42.2 Å². The quantitative estimate of drug-likeness (QED) is 0.626. The maximum Gasteiger partial charge on any atom is 0.252 e. The number of hydrogen-bond donors (Lipinski definition) is 0. The summed E-state index contributed by atoms with van der Waals surface area (Å²) >= 11 is 1.45. The maximum absolute atomic E-state index is 11.0. The molecule has 1 heterocycles. The second-order valence-corrected chi connectivity index (χ2v) is 5.10. The van der Waals surface area contributed by atoms with Crippen molar-refractivity contribution >= 4 is 17.4 Å². The highest BCUT2D eigenvalue weighted by Gasteiger charge is 2.12. The van der Waals surface area contributed by atoms with E-state index in [0.717, 1.165) is 15.4 Å². The largest absolute Gasteiger partial charge is 0.259 e. The fourth-order valence-electron chi connectivity index (χ4n) is 1.58. The molecule has 0 saturated heterocycles. The van der Waals surface area contributed by atoms with Crippen LogP contribution in [0.3, 0.4) is 0 Å². The first-order valence-corrected chi connectivity index (χ1v) is 6.28. The van der Waals surface area contributed by atoms with Gasteiger partial charge in [-0.25, -0.2) is 4.98 Å². The van der Waals surface area contributed by atoms with Gasteiger partial charge in [-0.05, 0) is 12.5 Å². The van der Waals surface area contributed by atoms with Gasteiger partial charge in [-0.2, -0.15) is 0 Å². The van der Waals surface area contributed by atoms with Gasteiger partial charge in [-0.1, -0.05) is 30.3 Å². The average Bonchev–Trinajstić information content (AvgIpc) is 2.75. The summed E-state index contributed by atoms with van der Waals surface area (Å²) in [6.45, 7) is 1.88. The van der Waals surface area contributed by atoms with E-state index in [1.807, 2.05) is 37.3 Å². The molecule has 1 aromatic heterocycles. The van der Waals surface area contributed by atoms with Crippen molar-refractivity contribution in [2.75, 3.05) is 0 Å². The van der Waals surface area contributed by atoms with E-state index in [0.29, 0.717) is 6.42 Å². The number of rotatable bonds is 4. The molecule has 0 unspecified atom stereocenters. The van der Waals surface area contributed by atoms with Crippen molar-refractivity contribution in [2.24, 2.45) is 0 Å². The molecule has 0 atom stereocenters. The molecule has 5 heteroatoms. The lowest BCUT2D eigenvalue weighted by Crippen LogP contribution is -2.01. The fourth-order valence-corrected chi connectivity index (χ4v) is 2.33. The summed E-state index contributed by atoms with van der Waals surface area (Å²) in [6, 6.07) is 9.42. The summed E-state index contributed by atoms with van der Waals surface area (Å²) in [4.78, 5) is 15.6. The van der Waals surface area contributed by atoms with Crippen LogP contribution in [-0.2, 0) is 6.42 Å². The van der Waals surface area contributed by atoms with E-state index < -0.39 is 0 Å². The van der Waals surface area contributed by atoms with E-state index in [-0.39, 0.29) is 10.6 Å². The van der Waals surface area contributed by atoms with Crippen LogP contribution < -0.4 is 0 Å². The first-order chi connectivity index (χ1) is 8.65. The zero-order valence-corrected chi connectivity index (χ0v) is 10.7. The Hall–Kier alpha value is -2.01. The Bertz CT molecular complexity index is 576. The molecule has 0 radical (unpaired) electrons. The van der Waals surface area contributed by atoms with Crippen molar-refractivity contribution in [2.45, 2.75) is 13.3 Å². The van der Waals surface area contributed by atoms with Gasteiger partial charge in [-0.3, -0.25) is 10.1 Å². The van der Waals surface area contributed by atoms with E-state index in [1.165, 1.54) is 11.3 Å². The summed E-state index contributed by atoms with van der Waals surface area (Å²) in [7, 11) is 0. The highest BCUT2D eigenvalue weighted by Crippen LogP contribution is 2.18. The predicted octanol–water partition coefficient (Wildman–Crippen LogP) is 3.31. The average molecular weight is 260 g/mol. The second kappa shape index (κ2) is 5.55. The third-order valence-corrected chi connectivity index (χ3v) is 3.27. The van der Waals surface area contributed by atoms with Gasteiger partial charge in [0, 0.05) is 12.3 Å². The Morgan fingerprint density at radius 1 is 1.44 bits per heavy atom. The standard InChI is InChI=1S/C13H12N2O2S/c1-10-14-9-13(18-10)8-12(15(16)17)7-11-5-3-2-4-6-11/h2-6,8-9H,7H2,1H3. The molecule has 0 bridgehead atoms. The summed E-state index contributed by atoms with van der Waals surface area (Å²) < 4.78 is 0. The van der Waals surface area contributed by atoms with Crippen molar-refractivity contribution in [1.82, 2.24) is 4.98 Å². The second-order valence-electron chi connectivity index (χ2n) is 3.84. The Morgan fingerprint density at radius 2 is 2.17 bits per heavy atom. The summed E-state index contributed by atoms with van der Waals surface area (Å²) in [5.41, 5.74) is 1.12. The Kier molecular flexibility index (Phi) is 3.84. The minimum atomic E-state index is -0.331. The topological polar surface area (TPSA) is 56.0 Å². The lowest BCUT2D eigenvalue weighted by Gasteiger charge is -1.98. The molecule has 0 N–H and O–H groups in total. The number of benzene rings is 1.